The second kappa shape index (κ2) is 6.48. The summed E-state index contributed by atoms with van der Waals surface area (Å²) in [5.74, 6) is 0. The minimum Gasteiger partial charge on any atom is -0.307 e. The van der Waals surface area contributed by atoms with E-state index in [9.17, 15) is 0 Å². The van der Waals surface area contributed by atoms with E-state index in [0.29, 0.717) is 0 Å². The van der Waals surface area contributed by atoms with Crippen LogP contribution in [0.2, 0.25) is 0 Å². The molecule has 1 aromatic carbocycles. The summed E-state index contributed by atoms with van der Waals surface area (Å²) in [6.45, 7) is 7.50. The number of fused-ring (bicyclic) bond motifs is 1. The number of hydrogen-bond donors (Lipinski definition) is 1. The number of nitrogens with zero attached hydrogens (tertiary/aromatic N) is 1. The van der Waals surface area contributed by atoms with Crippen molar-refractivity contribution in [1.29, 1.82) is 0 Å². The summed E-state index contributed by atoms with van der Waals surface area (Å²) in [7, 11) is 0. The van der Waals surface area contributed by atoms with Crippen molar-refractivity contribution in [3.63, 3.8) is 0 Å². The molecule has 0 aliphatic carbocycles. The normalized spacial score (nSPS) is 12.4. The number of pyridine rings is 1. The fraction of sp³-hybridized carbons (Fsp3) is 0.353. The highest BCUT2D eigenvalue weighted by Crippen LogP contribution is 2.21. The summed E-state index contributed by atoms with van der Waals surface area (Å²) < 4.78 is 0. The van der Waals surface area contributed by atoms with Crippen LogP contribution in [0.5, 0.6) is 0 Å². The highest BCUT2D eigenvalue weighted by atomic mass is 14.9. The Morgan fingerprint density at radius 3 is 2.89 bits per heavy atom. The van der Waals surface area contributed by atoms with E-state index in [1.54, 1.807) is 0 Å². The Balaban J connectivity index is 2.34. The molecule has 100 valence electrons. The van der Waals surface area contributed by atoms with Crippen molar-refractivity contribution in [3.8, 4) is 0 Å². The number of benzene rings is 1. The molecule has 0 fully saturated rings. The van der Waals surface area contributed by atoms with E-state index in [-0.39, 0.29) is 6.04 Å². The molecule has 0 radical (unpaired) electrons. The van der Waals surface area contributed by atoms with Crippen LogP contribution in [-0.4, -0.2) is 11.5 Å². The van der Waals surface area contributed by atoms with Crippen molar-refractivity contribution >= 4 is 10.9 Å². The maximum Gasteiger partial charge on any atom is 0.0702 e. The summed E-state index contributed by atoms with van der Waals surface area (Å²) in [6.07, 6.45) is 5.26. The SMILES string of the molecule is CCCNC(C=C(C)C)c1ccc2ncccc2c1. The lowest BCUT2D eigenvalue weighted by Crippen LogP contribution is -2.20. The fourth-order valence-corrected chi connectivity index (χ4v) is 2.19. The first-order chi connectivity index (χ1) is 9.20. The highest BCUT2D eigenvalue weighted by molar-refractivity contribution is 5.79. The van der Waals surface area contributed by atoms with Gasteiger partial charge in [0.1, 0.15) is 0 Å². The molecule has 1 unspecified atom stereocenters. The van der Waals surface area contributed by atoms with Gasteiger partial charge in [-0.25, -0.2) is 0 Å². The van der Waals surface area contributed by atoms with Gasteiger partial charge in [0.25, 0.3) is 0 Å². The Hall–Kier alpha value is -1.67. The molecule has 0 saturated carbocycles. The lowest BCUT2D eigenvalue weighted by Gasteiger charge is -2.16. The molecule has 0 aliphatic heterocycles. The molecule has 19 heavy (non-hydrogen) atoms. The van der Waals surface area contributed by atoms with Gasteiger partial charge in [-0.3, -0.25) is 4.98 Å². The van der Waals surface area contributed by atoms with Crippen LogP contribution in [0.15, 0.2) is 48.2 Å². The predicted octanol–water partition coefficient (Wildman–Crippen LogP) is 4.24. The average molecular weight is 254 g/mol. The van der Waals surface area contributed by atoms with Crippen LogP contribution in [0, 0.1) is 0 Å². The molecule has 0 aliphatic rings. The minimum atomic E-state index is 0.287. The van der Waals surface area contributed by atoms with Gasteiger partial charge in [-0.05, 0) is 50.6 Å². The Morgan fingerprint density at radius 1 is 1.32 bits per heavy atom. The molecular formula is C17H22N2. The minimum absolute atomic E-state index is 0.287. The average Bonchev–Trinajstić information content (AvgIpc) is 2.42. The van der Waals surface area contributed by atoms with Gasteiger partial charge in [-0.15, -0.1) is 0 Å². The monoisotopic (exact) mass is 254 g/mol. The second-order valence-electron chi connectivity index (χ2n) is 5.13. The van der Waals surface area contributed by atoms with Gasteiger partial charge >= 0.3 is 0 Å². The molecule has 1 atom stereocenters. The molecule has 1 heterocycles. The number of aromatic nitrogens is 1. The van der Waals surface area contributed by atoms with Gasteiger partial charge in [-0.1, -0.05) is 30.7 Å². The zero-order valence-corrected chi connectivity index (χ0v) is 12.0. The molecule has 2 aromatic rings. The molecule has 0 saturated heterocycles. The van der Waals surface area contributed by atoms with E-state index in [1.807, 2.05) is 12.3 Å². The third kappa shape index (κ3) is 3.65. The molecule has 0 bridgehead atoms. The van der Waals surface area contributed by atoms with Crippen LogP contribution in [0.25, 0.3) is 10.9 Å². The van der Waals surface area contributed by atoms with E-state index < -0.39 is 0 Å². The molecule has 2 heteroatoms. The summed E-state index contributed by atoms with van der Waals surface area (Å²) >= 11 is 0. The molecule has 1 aromatic heterocycles. The van der Waals surface area contributed by atoms with Crippen molar-refractivity contribution < 1.29 is 0 Å². The summed E-state index contributed by atoms with van der Waals surface area (Å²) in [5, 5.41) is 4.78. The predicted molar refractivity (Wildman–Crippen MR) is 82.2 cm³/mol. The molecule has 2 nitrogen and oxygen atoms in total. The zero-order chi connectivity index (χ0) is 13.7. The van der Waals surface area contributed by atoms with Crippen LogP contribution < -0.4 is 5.32 Å². The van der Waals surface area contributed by atoms with E-state index in [4.69, 9.17) is 0 Å². The van der Waals surface area contributed by atoms with Crippen LogP contribution in [-0.2, 0) is 0 Å². The van der Waals surface area contributed by atoms with Crippen LogP contribution in [0.4, 0.5) is 0 Å². The molecule has 2 rings (SSSR count). The van der Waals surface area contributed by atoms with Crippen molar-refractivity contribution in [3.05, 3.63) is 53.7 Å². The van der Waals surface area contributed by atoms with E-state index in [0.717, 1.165) is 18.5 Å². The number of hydrogen-bond acceptors (Lipinski definition) is 2. The van der Waals surface area contributed by atoms with E-state index >= 15 is 0 Å². The fourth-order valence-electron chi connectivity index (χ4n) is 2.19. The van der Waals surface area contributed by atoms with Crippen molar-refractivity contribution in [2.45, 2.75) is 33.2 Å². The van der Waals surface area contributed by atoms with Crippen molar-refractivity contribution in [1.82, 2.24) is 10.3 Å². The van der Waals surface area contributed by atoms with Crippen molar-refractivity contribution in [2.24, 2.45) is 0 Å². The van der Waals surface area contributed by atoms with Gasteiger partial charge in [0, 0.05) is 11.6 Å². The van der Waals surface area contributed by atoms with E-state index in [2.05, 4.69) is 61.4 Å². The topological polar surface area (TPSA) is 24.9 Å². The maximum absolute atomic E-state index is 4.37. The van der Waals surface area contributed by atoms with Gasteiger partial charge in [0.2, 0.25) is 0 Å². The van der Waals surface area contributed by atoms with Gasteiger partial charge in [-0.2, -0.15) is 0 Å². The Bertz CT molecular complexity index is 568. The quantitative estimate of drug-likeness (QED) is 0.807. The summed E-state index contributed by atoms with van der Waals surface area (Å²) in [4.78, 5) is 4.37. The van der Waals surface area contributed by atoms with Gasteiger partial charge in [0.15, 0.2) is 0 Å². The van der Waals surface area contributed by atoms with Gasteiger partial charge < -0.3 is 5.32 Å². The molecule has 0 spiro atoms. The first kappa shape index (κ1) is 13.8. The Labute approximate surface area is 115 Å². The largest absolute Gasteiger partial charge is 0.307 e. The highest BCUT2D eigenvalue weighted by Gasteiger charge is 2.08. The van der Waals surface area contributed by atoms with Crippen LogP contribution >= 0.6 is 0 Å². The molecule has 1 N–H and O–H groups in total. The smallest absolute Gasteiger partial charge is 0.0702 e. The summed E-state index contributed by atoms with van der Waals surface area (Å²) in [5.41, 5.74) is 3.69. The zero-order valence-electron chi connectivity index (χ0n) is 12.0. The lowest BCUT2D eigenvalue weighted by atomic mass is 10.0. The van der Waals surface area contributed by atoms with E-state index in [1.165, 1.54) is 16.5 Å². The van der Waals surface area contributed by atoms with Crippen molar-refractivity contribution in [2.75, 3.05) is 6.54 Å². The van der Waals surface area contributed by atoms with Gasteiger partial charge in [0.05, 0.1) is 11.6 Å². The number of allylic oxidation sites excluding steroid dienone is 1. The van der Waals surface area contributed by atoms with Crippen LogP contribution in [0.3, 0.4) is 0 Å². The molecular weight excluding hydrogens is 232 g/mol. The first-order valence-corrected chi connectivity index (χ1v) is 6.94. The third-order valence-corrected chi connectivity index (χ3v) is 3.10. The number of nitrogens with one attached hydrogen (secondary N) is 1. The molecule has 0 amide bonds. The second-order valence-corrected chi connectivity index (χ2v) is 5.13. The number of rotatable bonds is 5. The van der Waals surface area contributed by atoms with Crippen LogP contribution in [0.1, 0.15) is 38.8 Å². The first-order valence-electron chi connectivity index (χ1n) is 6.94. The standard InChI is InChI=1S/C17H22N2/c1-4-9-18-17(11-13(2)3)15-7-8-16-14(12-15)6-5-10-19-16/h5-8,10-12,17-18H,4,9H2,1-3H3. The lowest BCUT2D eigenvalue weighted by molar-refractivity contribution is 0.610. The Kier molecular flexibility index (Phi) is 4.69. The Morgan fingerprint density at radius 2 is 2.16 bits per heavy atom. The third-order valence-electron chi connectivity index (χ3n) is 3.10. The summed E-state index contributed by atoms with van der Waals surface area (Å²) in [6, 6.07) is 10.9. The maximum atomic E-state index is 4.37.